The monoisotopic (exact) mass is 302 g/mol. The number of rotatable bonds is 5. The predicted octanol–water partition coefficient (Wildman–Crippen LogP) is 4.41. The van der Waals surface area contributed by atoms with Crippen molar-refractivity contribution < 1.29 is 0 Å². The van der Waals surface area contributed by atoms with E-state index in [-0.39, 0.29) is 0 Å². The molecule has 1 unspecified atom stereocenters. The Morgan fingerprint density at radius 2 is 2.15 bits per heavy atom. The van der Waals surface area contributed by atoms with Crippen LogP contribution in [-0.4, -0.2) is 15.3 Å². The number of thiazole rings is 1. The van der Waals surface area contributed by atoms with Crippen LogP contribution in [0.5, 0.6) is 0 Å². The summed E-state index contributed by atoms with van der Waals surface area (Å²) in [5.41, 5.74) is 3.04. The molecule has 0 aliphatic carbocycles. The van der Waals surface area contributed by atoms with Crippen LogP contribution in [0, 0.1) is 6.20 Å². The highest BCUT2D eigenvalue weighted by Gasteiger charge is 2.28. The number of hydrogen-bond acceptors (Lipinski definition) is 5. The minimum atomic E-state index is 0.425. The van der Waals surface area contributed by atoms with Crippen LogP contribution in [0.1, 0.15) is 31.1 Å². The Kier molecular flexibility index (Phi) is 4.38. The van der Waals surface area contributed by atoms with Gasteiger partial charge in [0.2, 0.25) is 0 Å². The summed E-state index contributed by atoms with van der Waals surface area (Å²) in [5, 5.41) is 0.425. The minimum absolute atomic E-state index is 0.425. The topological polar surface area (TPSA) is 29.0 Å². The molecule has 0 saturated heterocycles. The maximum atomic E-state index is 4.17. The molecule has 0 amide bonds. The first-order valence-electron chi connectivity index (χ1n) is 6.77. The molecule has 20 heavy (non-hydrogen) atoms. The van der Waals surface area contributed by atoms with E-state index in [0.717, 1.165) is 5.69 Å². The van der Waals surface area contributed by atoms with Crippen LogP contribution >= 0.6 is 23.1 Å². The Balaban J connectivity index is 1.86. The summed E-state index contributed by atoms with van der Waals surface area (Å²) in [5.74, 6) is 0. The van der Waals surface area contributed by atoms with Crippen molar-refractivity contribution in [1.82, 2.24) is 9.97 Å². The Hall–Kier alpha value is -1.33. The van der Waals surface area contributed by atoms with Gasteiger partial charge in [-0.05, 0) is 18.6 Å². The molecule has 1 atom stereocenters. The molecule has 103 valence electrons. The fourth-order valence-corrected chi connectivity index (χ4v) is 4.09. The van der Waals surface area contributed by atoms with Crippen molar-refractivity contribution >= 4 is 33.7 Å². The standard InChI is InChI=1S/C15H16N3S2/c1-2-3-4-15-18(12-5-7-16-8-6-12)10-14(20-15)13-9-17-11-19-13/h5-9,11,15H,2-4H2,1H3. The number of thioether (sulfide) groups is 1. The number of aromatic nitrogens is 2. The van der Waals surface area contributed by atoms with E-state index in [1.165, 1.54) is 29.0 Å². The van der Waals surface area contributed by atoms with E-state index >= 15 is 0 Å². The van der Waals surface area contributed by atoms with Gasteiger partial charge in [0, 0.05) is 24.3 Å². The molecule has 0 fully saturated rings. The first kappa shape index (κ1) is 13.6. The highest BCUT2D eigenvalue weighted by Crippen LogP contribution is 2.43. The molecular formula is C15H16N3S2. The summed E-state index contributed by atoms with van der Waals surface area (Å²) in [7, 11) is 0. The Morgan fingerprint density at radius 1 is 1.30 bits per heavy atom. The van der Waals surface area contributed by atoms with Crippen molar-refractivity contribution in [3.05, 3.63) is 47.3 Å². The minimum Gasteiger partial charge on any atom is -0.326 e. The molecule has 3 heterocycles. The number of pyridine rings is 1. The molecule has 2 aromatic heterocycles. The van der Waals surface area contributed by atoms with E-state index in [0.29, 0.717) is 5.37 Å². The van der Waals surface area contributed by atoms with Crippen LogP contribution in [-0.2, 0) is 0 Å². The van der Waals surface area contributed by atoms with Crippen molar-refractivity contribution in [2.45, 2.75) is 31.6 Å². The first-order chi connectivity index (χ1) is 9.88. The van der Waals surface area contributed by atoms with Crippen LogP contribution in [0.15, 0.2) is 36.2 Å². The smallest absolute Gasteiger partial charge is 0.0848 e. The van der Waals surface area contributed by atoms with Gasteiger partial charge in [0.05, 0.1) is 26.9 Å². The van der Waals surface area contributed by atoms with Gasteiger partial charge in [0.25, 0.3) is 0 Å². The van der Waals surface area contributed by atoms with E-state index in [2.05, 4.69) is 28.0 Å². The fraction of sp³-hybridized carbons (Fsp3) is 0.333. The second-order valence-corrected chi connectivity index (χ2v) is 6.67. The Labute approximate surface area is 127 Å². The van der Waals surface area contributed by atoms with Gasteiger partial charge in [-0.15, -0.1) is 11.3 Å². The summed E-state index contributed by atoms with van der Waals surface area (Å²) < 4.78 is 0. The van der Waals surface area contributed by atoms with Crippen LogP contribution in [0.2, 0.25) is 0 Å². The third-order valence-corrected chi connectivity index (χ3v) is 5.35. The van der Waals surface area contributed by atoms with Gasteiger partial charge in [-0.3, -0.25) is 9.97 Å². The average molecular weight is 302 g/mol. The Morgan fingerprint density at radius 3 is 2.85 bits per heavy atom. The molecule has 0 N–H and O–H groups in total. The molecule has 1 aliphatic rings. The highest BCUT2D eigenvalue weighted by atomic mass is 32.2. The average Bonchev–Trinajstić information content (AvgIpc) is 3.15. The molecule has 3 nitrogen and oxygen atoms in total. The SMILES string of the molecule is CCCCC1SC(c2cncs2)=[C]N1c1ccncc1. The molecule has 0 aromatic carbocycles. The predicted molar refractivity (Wildman–Crippen MR) is 86.4 cm³/mol. The van der Waals surface area contributed by atoms with Crippen LogP contribution in [0.4, 0.5) is 5.69 Å². The quantitative estimate of drug-likeness (QED) is 0.818. The molecule has 0 spiro atoms. The van der Waals surface area contributed by atoms with Crippen molar-refractivity contribution in [3.8, 4) is 0 Å². The molecule has 1 radical (unpaired) electrons. The van der Waals surface area contributed by atoms with Crippen molar-refractivity contribution in [2.75, 3.05) is 4.90 Å². The van der Waals surface area contributed by atoms with Gasteiger partial charge in [-0.1, -0.05) is 31.5 Å². The molecule has 3 rings (SSSR count). The maximum Gasteiger partial charge on any atom is 0.0848 e. The summed E-state index contributed by atoms with van der Waals surface area (Å²) in [6.07, 6.45) is 12.7. The lowest BCUT2D eigenvalue weighted by molar-refractivity contribution is 0.685. The van der Waals surface area contributed by atoms with Crippen LogP contribution in [0.25, 0.3) is 4.91 Å². The molecular weight excluding hydrogens is 286 g/mol. The lowest BCUT2D eigenvalue weighted by Crippen LogP contribution is -2.24. The number of nitrogens with zero attached hydrogens (tertiary/aromatic N) is 3. The van der Waals surface area contributed by atoms with Crippen LogP contribution in [0.3, 0.4) is 0 Å². The Bertz CT molecular complexity index is 566. The van der Waals surface area contributed by atoms with Gasteiger partial charge >= 0.3 is 0 Å². The van der Waals surface area contributed by atoms with E-state index in [1.807, 2.05) is 48.0 Å². The molecule has 0 saturated carbocycles. The lowest BCUT2D eigenvalue weighted by Gasteiger charge is -2.23. The number of anilines is 1. The van der Waals surface area contributed by atoms with Gasteiger partial charge in [-0.25, -0.2) is 0 Å². The second kappa shape index (κ2) is 6.41. The summed E-state index contributed by atoms with van der Waals surface area (Å²) >= 11 is 3.57. The highest BCUT2D eigenvalue weighted by molar-refractivity contribution is 8.09. The maximum absolute atomic E-state index is 4.17. The summed E-state index contributed by atoms with van der Waals surface area (Å²) in [4.78, 5) is 12.9. The third-order valence-electron chi connectivity index (χ3n) is 3.17. The fourth-order valence-electron chi connectivity index (χ4n) is 2.14. The second-order valence-electron chi connectivity index (χ2n) is 4.60. The largest absolute Gasteiger partial charge is 0.326 e. The molecule has 2 aromatic rings. The van der Waals surface area contributed by atoms with E-state index in [4.69, 9.17) is 0 Å². The third kappa shape index (κ3) is 2.88. The summed E-state index contributed by atoms with van der Waals surface area (Å²) in [6, 6.07) is 4.09. The van der Waals surface area contributed by atoms with Gasteiger partial charge in [0.15, 0.2) is 0 Å². The first-order valence-corrected chi connectivity index (χ1v) is 8.53. The normalized spacial score (nSPS) is 18.4. The molecule has 1 aliphatic heterocycles. The van der Waals surface area contributed by atoms with Gasteiger partial charge in [-0.2, -0.15) is 0 Å². The van der Waals surface area contributed by atoms with E-state index < -0.39 is 0 Å². The van der Waals surface area contributed by atoms with Crippen molar-refractivity contribution in [3.63, 3.8) is 0 Å². The summed E-state index contributed by atoms with van der Waals surface area (Å²) in [6.45, 7) is 2.23. The number of unbranched alkanes of at least 4 members (excludes halogenated alkanes) is 1. The van der Waals surface area contributed by atoms with Gasteiger partial charge < -0.3 is 4.90 Å². The van der Waals surface area contributed by atoms with Gasteiger partial charge in [0.1, 0.15) is 0 Å². The lowest BCUT2D eigenvalue weighted by atomic mass is 10.2. The van der Waals surface area contributed by atoms with Crippen molar-refractivity contribution in [1.29, 1.82) is 0 Å². The zero-order valence-electron chi connectivity index (χ0n) is 11.3. The molecule has 0 bridgehead atoms. The zero-order chi connectivity index (χ0) is 13.8. The molecule has 5 heteroatoms. The number of hydrogen-bond donors (Lipinski definition) is 0. The zero-order valence-corrected chi connectivity index (χ0v) is 13.0. The van der Waals surface area contributed by atoms with E-state index in [1.54, 1.807) is 11.3 Å². The van der Waals surface area contributed by atoms with Crippen molar-refractivity contribution in [2.24, 2.45) is 0 Å². The van der Waals surface area contributed by atoms with E-state index in [9.17, 15) is 0 Å². The van der Waals surface area contributed by atoms with Crippen LogP contribution < -0.4 is 4.90 Å².